The van der Waals surface area contributed by atoms with Gasteiger partial charge in [-0.2, -0.15) is 4.98 Å². The van der Waals surface area contributed by atoms with Crippen molar-refractivity contribution in [3.05, 3.63) is 12.0 Å². The summed E-state index contributed by atoms with van der Waals surface area (Å²) in [6.45, 7) is 1.69. The normalized spacial score (nSPS) is 23.3. The lowest BCUT2D eigenvalue weighted by Crippen LogP contribution is -2.35. The van der Waals surface area contributed by atoms with Crippen molar-refractivity contribution in [1.29, 1.82) is 0 Å². The molecule has 1 fully saturated rings. The van der Waals surface area contributed by atoms with Crippen LogP contribution >= 0.6 is 0 Å². The number of hydrogen-bond acceptors (Lipinski definition) is 6. The molecule has 0 radical (unpaired) electrons. The van der Waals surface area contributed by atoms with E-state index >= 15 is 0 Å². The van der Waals surface area contributed by atoms with Gasteiger partial charge in [-0.15, -0.1) is 0 Å². The van der Waals surface area contributed by atoms with E-state index in [0.29, 0.717) is 25.0 Å². The lowest BCUT2D eigenvalue weighted by molar-refractivity contribution is -0.145. The highest BCUT2D eigenvalue weighted by Gasteiger charge is 2.42. The van der Waals surface area contributed by atoms with Gasteiger partial charge in [0.25, 0.3) is 0 Å². The van der Waals surface area contributed by atoms with Crippen LogP contribution in [0.4, 0.5) is 6.01 Å². The number of sulfonamides is 1. The largest absolute Gasteiger partial charge is 0.469 e. The average molecular weight is 288 g/mol. The Balaban J connectivity index is 2.17. The third-order valence-corrected chi connectivity index (χ3v) is 5.02. The monoisotopic (exact) mass is 288 g/mol. The zero-order chi connectivity index (χ0) is 14.0. The Hall–Kier alpha value is -1.57. The van der Waals surface area contributed by atoms with E-state index < -0.39 is 27.2 Å². The van der Waals surface area contributed by atoms with Gasteiger partial charge in [0.1, 0.15) is 6.26 Å². The van der Waals surface area contributed by atoms with Gasteiger partial charge in [0.15, 0.2) is 0 Å². The number of hydrogen-bond donors (Lipinski definition) is 1. The molecule has 1 aromatic heterocycles. The van der Waals surface area contributed by atoms with Crippen LogP contribution in [0.2, 0.25) is 0 Å². The van der Waals surface area contributed by atoms with E-state index in [4.69, 9.17) is 4.42 Å². The fraction of sp³-hybridized carbons (Fsp3) is 0.636. The van der Waals surface area contributed by atoms with Crippen LogP contribution in [0.3, 0.4) is 0 Å². The highest BCUT2D eigenvalue weighted by Crippen LogP contribution is 2.32. The number of nitrogens with zero attached hydrogens (tertiary/aromatic N) is 1. The third-order valence-electron chi connectivity index (χ3n) is 3.20. The smallest absolute Gasteiger partial charge is 0.310 e. The molecule has 1 aromatic rings. The number of ether oxygens (including phenoxy) is 1. The second-order valence-corrected chi connectivity index (χ2v) is 6.44. The van der Waals surface area contributed by atoms with E-state index in [1.807, 2.05) is 0 Å². The third kappa shape index (κ3) is 2.89. The number of carbonyl (C=O) groups excluding carboxylic acids is 1. The summed E-state index contributed by atoms with van der Waals surface area (Å²) >= 11 is 0. The molecule has 0 aromatic carbocycles. The summed E-state index contributed by atoms with van der Waals surface area (Å²) in [6.07, 6.45) is 2.97. The minimum Gasteiger partial charge on any atom is -0.469 e. The Morgan fingerprint density at radius 3 is 2.84 bits per heavy atom. The lowest BCUT2D eigenvalue weighted by Gasteiger charge is -2.17. The minimum atomic E-state index is -3.71. The number of esters is 1. The van der Waals surface area contributed by atoms with E-state index in [1.165, 1.54) is 13.4 Å². The van der Waals surface area contributed by atoms with Gasteiger partial charge >= 0.3 is 12.0 Å². The number of anilines is 1. The van der Waals surface area contributed by atoms with E-state index in [9.17, 15) is 13.2 Å². The molecule has 1 N–H and O–H groups in total. The van der Waals surface area contributed by atoms with Gasteiger partial charge in [-0.25, -0.2) is 13.1 Å². The topological polar surface area (TPSA) is 98.5 Å². The summed E-state index contributed by atoms with van der Waals surface area (Å²) < 4.78 is 36.3. The van der Waals surface area contributed by atoms with Gasteiger partial charge < -0.3 is 9.15 Å². The molecule has 1 saturated carbocycles. The summed E-state index contributed by atoms with van der Waals surface area (Å²) in [5, 5.41) is -0.799. The Morgan fingerprint density at radius 1 is 1.53 bits per heavy atom. The Morgan fingerprint density at radius 2 is 2.26 bits per heavy atom. The number of rotatable bonds is 4. The summed E-state index contributed by atoms with van der Waals surface area (Å²) in [7, 11) is -2.45. The molecule has 1 aliphatic rings. The van der Waals surface area contributed by atoms with Gasteiger partial charge in [-0.05, 0) is 19.8 Å². The van der Waals surface area contributed by atoms with Crippen molar-refractivity contribution in [3.8, 4) is 0 Å². The van der Waals surface area contributed by atoms with E-state index in [1.54, 1.807) is 6.92 Å². The predicted octanol–water partition coefficient (Wildman–Crippen LogP) is 1.07. The number of nitrogens with one attached hydrogen (secondary N) is 1. The molecule has 19 heavy (non-hydrogen) atoms. The summed E-state index contributed by atoms with van der Waals surface area (Å²) in [4.78, 5) is 15.5. The quantitative estimate of drug-likeness (QED) is 0.832. The standard InChI is InChI=1S/C11H16N2O5S/c1-7-6-18-11(12-7)13-19(15,16)9-5-3-4-8(9)10(14)17-2/h6,8-9H,3-5H2,1-2H3,(H,12,13). The molecular formula is C11H16N2O5S. The first kappa shape index (κ1) is 13.9. The first-order chi connectivity index (χ1) is 8.94. The van der Waals surface area contributed by atoms with Gasteiger partial charge in [-0.1, -0.05) is 6.42 Å². The molecule has 2 rings (SSSR count). The molecule has 1 heterocycles. The molecule has 0 aliphatic heterocycles. The Labute approximate surface area is 111 Å². The highest BCUT2D eigenvalue weighted by molar-refractivity contribution is 7.93. The summed E-state index contributed by atoms with van der Waals surface area (Å²) in [6, 6.07) is -0.0759. The van der Waals surface area contributed by atoms with Crippen molar-refractivity contribution in [3.63, 3.8) is 0 Å². The van der Waals surface area contributed by atoms with Crippen LogP contribution in [0, 0.1) is 12.8 Å². The fourth-order valence-corrected chi connectivity index (χ4v) is 3.96. The average Bonchev–Trinajstić information content (AvgIpc) is 2.97. The van der Waals surface area contributed by atoms with Crippen LogP contribution in [0.15, 0.2) is 10.7 Å². The molecule has 7 nitrogen and oxygen atoms in total. The first-order valence-electron chi connectivity index (χ1n) is 5.95. The maximum atomic E-state index is 12.2. The van der Waals surface area contributed by atoms with Crippen molar-refractivity contribution in [2.75, 3.05) is 11.8 Å². The molecule has 2 atom stereocenters. The van der Waals surface area contributed by atoms with Crippen LogP contribution in [-0.2, 0) is 19.6 Å². The molecule has 0 saturated heterocycles. The number of oxazole rings is 1. The zero-order valence-corrected chi connectivity index (χ0v) is 11.6. The summed E-state index contributed by atoms with van der Waals surface area (Å²) in [5.74, 6) is -1.12. The van der Waals surface area contributed by atoms with E-state index in [-0.39, 0.29) is 6.01 Å². The van der Waals surface area contributed by atoms with E-state index in [2.05, 4.69) is 14.4 Å². The Bertz CT molecular complexity index is 565. The number of carbonyl (C=O) groups is 1. The van der Waals surface area contributed by atoms with Gasteiger partial charge in [0, 0.05) is 0 Å². The molecule has 106 valence electrons. The lowest BCUT2D eigenvalue weighted by atomic mass is 10.1. The minimum absolute atomic E-state index is 0.0759. The van der Waals surface area contributed by atoms with Crippen molar-refractivity contribution >= 4 is 22.0 Å². The van der Waals surface area contributed by atoms with Crippen LogP contribution in [0.25, 0.3) is 0 Å². The van der Waals surface area contributed by atoms with Gasteiger partial charge in [-0.3, -0.25) is 4.79 Å². The molecule has 2 unspecified atom stereocenters. The molecule has 0 amide bonds. The number of aromatic nitrogens is 1. The molecule has 8 heteroatoms. The second-order valence-electron chi connectivity index (χ2n) is 4.54. The molecule has 1 aliphatic carbocycles. The van der Waals surface area contributed by atoms with Crippen molar-refractivity contribution in [2.45, 2.75) is 31.4 Å². The number of methoxy groups -OCH3 is 1. The maximum Gasteiger partial charge on any atom is 0.310 e. The van der Waals surface area contributed by atoms with Crippen LogP contribution in [0.1, 0.15) is 25.0 Å². The maximum absolute atomic E-state index is 12.2. The van der Waals surface area contributed by atoms with Crippen LogP contribution in [-0.4, -0.2) is 31.7 Å². The predicted molar refractivity (Wildman–Crippen MR) is 66.9 cm³/mol. The Kier molecular flexibility index (Phi) is 3.79. The zero-order valence-electron chi connectivity index (χ0n) is 10.8. The van der Waals surface area contributed by atoms with Gasteiger partial charge in [0.05, 0.1) is 24.0 Å². The van der Waals surface area contributed by atoms with Crippen LogP contribution in [0.5, 0.6) is 0 Å². The highest BCUT2D eigenvalue weighted by atomic mass is 32.2. The number of aryl methyl sites for hydroxylation is 1. The van der Waals surface area contributed by atoms with Gasteiger partial charge in [0.2, 0.25) is 10.0 Å². The second kappa shape index (κ2) is 5.20. The van der Waals surface area contributed by atoms with E-state index in [0.717, 1.165) is 0 Å². The fourth-order valence-electron chi connectivity index (χ4n) is 2.32. The SMILES string of the molecule is COC(=O)C1CCCC1S(=O)(=O)Nc1nc(C)co1. The molecular weight excluding hydrogens is 272 g/mol. The molecule has 0 bridgehead atoms. The first-order valence-corrected chi connectivity index (χ1v) is 7.50. The van der Waals surface area contributed by atoms with Crippen molar-refractivity contribution in [1.82, 2.24) is 4.98 Å². The van der Waals surface area contributed by atoms with Crippen molar-refractivity contribution < 1.29 is 22.4 Å². The summed E-state index contributed by atoms with van der Waals surface area (Å²) in [5.41, 5.74) is 0.577. The molecule has 0 spiro atoms. The van der Waals surface area contributed by atoms with Crippen LogP contribution < -0.4 is 4.72 Å². The van der Waals surface area contributed by atoms with Crippen molar-refractivity contribution in [2.24, 2.45) is 5.92 Å².